The molecule has 0 aromatic heterocycles. The molecule has 0 aliphatic heterocycles. The van der Waals surface area contributed by atoms with Gasteiger partial charge in [0.05, 0.1) is 34.7 Å². The fourth-order valence-corrected chi connectivity index (χ4v) is 4.00. The highest BCUT2D eigenvalue weighted by Crippen LogP contribution is 2.25. The van der Waals surface area contributed by atoms with E-state index in [0.29, 0.717) is 22.0 Å². The topological polar surface area (TPSA) is 84.5 Å². The van der Waals surface area contributed by atoms with Crippen molar-refractivity contribution >= 4 is 64.1 Å². The van der Waals surface area contributed by atoms with Crippen LogP contribution in [0.1, 0.15) is 20.7 Å². The van der Waals surface area contributed by atoms with Gasteiger partial charge in [0.1, 0.15) is 0 Å². The Morgan fingerprint density at radius 1 is 0.906 bits per heavy atom. The Morgan fingerprint density at radius 2 is 1.69 bits per heavy atom. The third-order valence-corrected chi connectivity index (χ3v) is 5.79. The SMILES string of the molecule is COC(=O)c1ccccc1NC(=O)CSc1cccc(NC(=O)c2ccc(Cl)cc2Cl)c1. The van der Waals surface area contributed by atoms with Gasteiger partial charge in [0.25, 0.3) is 5.91 Å². The van der Waals surface area contributed by atoms with Crippen molar-refractivity contribution < 1.29 is 19.1 Å². The lowest BCUT2D eigenvalue weighted by molar-refractivity contribution is -0.113. The quantitative estimate of drug-likeness (QED) is 0.326. The molecule has 0 fully saturated rings. The molecular weight excluding hydrogens is 471 g/mol. The molecule has 3 aromatic carbocycles. The third-order valence-electron chi connectivity index (χ3n) is 4.24. The number of hydrogen-bond donors (Lipinski definition) is 2. The lowest BCUT2D eigenvalue weighted by atomic mass is 10.2. The van der Waals surface area contributed by atoms with E-state index in [4.69, 9.17) is 27.9 Å². The van der Waals surface area contributed by atoms with Crippen molar-refractivity contribution in [3.63, 3.8) is 0 Å². The molecule has 0 atom stereocenters. The zero-order chi connectivity index (χ0) is 23.1. The molecule has 0 aliphatic rings. The number of amides is 2. The molecule has 0 aliphatic carbocycles. The largest absolute Gasteiger partial charge is 0.465 e. The predicted molar refractivity (Wildman–Crippen MR) is 128 cm³/mol. The fourth-order valence-electron chi connectivity index (χ4n) is 2.75. The number of nitrogens with one attached hydrogen (secondary N) is 2. The number of thioether (sulfide) groups is 1. The maximum atomic E-state index is 12.5. The average molecular weight is 489 g/mol. The monoisotopic (exact) mass is 488 g/mol. The van der Waals surface area contributed by atoms with Crippen LogP contribution >= 0.6 is 35.0 Å². The van der Waals surface area contributed by atoms with Gasteiger partial charge < -0.3 is 15.4 Å². The van der Waals surface area contributed by atoms with E-state index in [1.807, 2.05) is 6.07 Å². The average Bonchev–Trinajstić information content (AvgIpc) is 2.77. The van der Waals surface area contributed by atoms with Crippen LogP contribution in [0.4, 0.5) is 11.4 Å². The predicted octanol–water partition coefficient (Wildman–Crippen LogP) is 5.76. The molecule has 2 N–H and O–H groups in total. The Balaban J connectivity index is 1.61. The first-order valence-electron chi connectivity index (χ1n) is 9.34. The van der Waals surface area contributed by atoms with Crippen LogP contribution in [0.25, 0.3) is 0 Å². The minimum atomic E-state index is -0.530. The molecule has 3 aromatic rings. The number of para-hydroxylation sites is 1. The van der Waals surface area contributed by atoms with E-state index in [0.717, 1.165) is 4.90 Å². The van der Waals surface area contributed by atoms with Crippen LogP contribution in [0.3, 0.4) is 0 Å². The molecule has 0 unspecified atom stereocenters. The van der Waals surface area contributed by atoms with Gasteiger partial charge in [-0.2, -0.15) is 0 Å². The zero-order valence-electron chi connectivity index (χ0n) is 16.9. The third kappa shape index (κ3) is 6.26. The first-order valence-corrected chi connectivity index (χ1v) is 11.1. The van der Waals surface area contributed by atoms with E-state index in [1.165, 1.54) is 24.9 Å². The Labute approximate surface area is 199 Å². The van der Waals surface area contributed by atoms with Crippen molar-refractivity contribution in [3.8, 4) is 0 Å². The second-order valence-electron chi connectivity index (χ2n) is 6.48. The maximum Gasteiger partial charge on any atom is 0.339 e. The van der Waals surface area contributed by atoms with Crippen molar-refractivity contribution in [2.75, 3.05) is 23.5 Å². The van der Waals surface area contributed by atoms with Gasteiger partial charge in [0.2, 0.25) is 5.91 Å². The van der Waals surface area contributed by atoms with Gasteiger partial charge in [-0.1, -0.05) is 41.4 Å². The number of anilines is 2. The minimum Gasteiger partial charge on any atom is -0.465 e. The van der Waals surface area contributed by atoms with Crippen molar-refractivity contribution in [1.29, 1.82) is 0 Å². The van der Waals surface area contributed by atoms with Crippen molar-refractivity contribution in [3.05, 3.63) is 87.9 Å². The zero-order valence-corrected chi connectivity index (χ0v) is 19.2. The van der Waals surface area contributed by atoms with E-state index >= 15 is 0 Å². The van der Waals surface area contributed by atoms with E-state index in [1.54, 1.807) is 54.6 Å². The summed E-state index contributed by atoms with van der Waals surface area (Å²) >= 11 is 13.2. The molecule has 32 heavy (non-hydrogen) atoms. The molecule has 0 saturated heterocycles. The highest BCUT2D eigenvalue weighted by molar-refractivity contribution is 8.00. The highest BCUT2D eigenvalue weighted by Gasteiger charge is 2.14. The van der Waals surface area contributed by atoms with Crippen LogP contribution < -0.4 is 10.6 Å². The molecule has 164 valence electrons. The van der Waals surface area contributed by atoms with Crippen LogP contribution in [0.2, 0.25) is 10.0 Å². The summed E-state index contributed by atoms with van der Waals surface area (Å²) in [7, 11) is 1.28. The minimum absolute atomic E-state index is 0.107. The standard InChI is InChI=1S/C23H18Cl2N2O4S/c1-31-23(30)18-7-2-3-8-20(18)27-21(28)13-32-16-6-4-5-15(12-16)26-22(29)17-10-9-14(24)11-19(17)25/h2-12H,13H2,1H3,(H,26,29)(H,27,28). The van der Waals surface area contributed by atoms with Gasteiger partial charge in [0, 0.05) is 15.6 Å². The van der Waals surface area contributed by atoms with Crippen molar-refractivity contribution in [2.45, 2.75) is 4.90 Å². The Kier molecular flexibility index (Phi) is 8.16. The number of halogens is 2. The number of benzene rings is 3. The summed E-state index contributed by atoms with van der Waals surface area (Å²) in [6.45, 7) is 0. The molecule has 3 rings (SSSR count). The Hall–Kier alpha value is -3.00. The van der Waals surface area contributed by atoms with Gasteiger partial charge in [-0.15, -0.1) is 11.8 Å². The first kappa shape index (κ1) is 23.7. The van der Waals surface area contributed by atoms with E-state index in [2.05, 4.69) is 10.6 Å². The summed E-state index contributed by atoms with van der Waals surface area (Å²) in [6, 6.07) is 18.3. The molecular formula is C23H18Cl2N2O4S. The van der Waals surface area contributed by atoms with Gasteiger partial charge >= 0.3 is 5.97 Å². The summed E-state index contributed by atoms with van der Waals surface area (Å²) in [6.07, 6.45) is 0. The van der Waals surface area contributed by atoms with Gasteiger partial charge in [0.15, 0.2) is 0 Å². The molecule has 0 heterocycles. The maximum absolute atomic E-state index is 12.5. The molecule has 0 spiro atoms. The van der Waals surface area contributed by atoms with Crippen molar-refractivity contribution in [2.24, 2.45) is 0 Å². The number of ether oxygens (including phenoxy) is 1. The van der Waals surface area contributed by atoms with Crippen LogP contribution in [-0.2, 0) is 9.53 Å². The number of methoxy groups -OCH3 is 1. The summed E-state index contributed by atoms with van der Waals surface area (Å²) in [4.78, 5) is 37.5. The van der Waals surface area contributed by atoms with Gasteiger partial charge in [-0.3, -0.25) is 9.59 Å². The number of hydrogen-bond acceptors (Lipinski definition) is 5. The van der Waals surface area contributed by atoms with Gasteiger partial charge in [-0.05, 0) is 48.5 Å². The first-order chi connectivity index (χ1) is 15.4. The summed E-state index contributed by atoms with van der Waals surface area (Å²) in [5.41, 5.74) is 1.52. The molecule has 2 amide bonds. The lowest BCUT2D eigenvalue weighted by Crippen LogP contribution is -2.17. The number of carbonyl (C=O) groups excluding carboxylic acids is 3. The summed E-state index contributed by atoms with van der Waals surface area (Å²) < 4.78 is 4.73. The van der Waals surface area contributed by atoms with Crippen LogP contribution in [-0.4, -0.2) is 30.6 Å². The van der Waals surface area contributed by atoms with Gasteiger partial charge in [-0.25, -0.2) is 4.79 Å². The highest BCUT2D eigenvalue weighted by atomic mass is 35.5. The van der Waals surface area contributed by atoms with E-state index in [9.17, 15) is 14.4 Å². The lowest BCUT2D eigenvalue weighted by Gasteiger charge is -2.10. The smallest absolute Gasteiger partial charge is 0.339 e. The van der Waals surface area contributed by atoms with Crippen LogP contribution in [0.15, 0.2) is 71.6 Å². The molecule has 9 heteroatoms. The number of esters is 1. The van der Waals surface area contributed by atoms with Crippen molar-refractivity contribution in [1.82, 2.24) is 0 Å². The molecule has 0 radical (unpaired) electrons. The molecule has 0 bridgehead atoms. The second-order valence-corrected chi connectivity index (χ2v) is 8.37. The Bertz CT molecular complexity index is 1170. The number of rotatable bonds is 7. The van der Waals surface area contributed by atoms with E-state index < -0.39 is 5.97 Å². The van der Waals surface area contributed by atoms with Crippen LogP contribution in [0.5, 0.6) is 0 Å². The van der Waals surface area contributed by atoms with Crippen LogP contribution in [0, 0.1) is 0 Å². The fraction of sp³-hybridized carbons (Fsp3) is 0.0870. The summed E-state index contributed by atoms with van der Waals surface area (Å²) in [5, 5.41) is 6.20. The van der Waals surface area contributed by atoms with E-state index in [-0.39, 0.29) is 28.2 Å². The molecule has 0 saturated carbocycles. The molecule has 6 nitrogen and oxygen atoms in total. The Morgan fingerprint density at radius 3 is 2.44 bits per heavy atom. The summed E-state index contributed by atoms with van der Waals surface area (Å²) in [5.74, 6) is -1.08. The second kappa shape index (κ2) is 11.0. The normalized spacial score (nSPS) is 10.3. The number of carbonyl (C=O) groups is 3.